The fourth-order valence-electron chi connectivity index (χ4n) is 1.24. The fourth-order valence-corrected chi connectivity index (χ4v) is 3.04. The van der Waals surface area contributed by atoms with Crippen molar-refractivity contribution in [2.24, 2.45) is 0 Å². The molecule has 0 aliphatic rings. The third-order valence-corrected chi connectivity index (χ3v) is 4.33. The van der Waals surface area contributed by atoms with E-state index in [1.807, 2.05) is 53.9 Å². The van der Waals surface area contributed by atoms with Gasteiger partial charge in [0.25, 0.3) is 0 Å². The summed E-state index contributed by atoms with van der Waals surface area (Å²) in [6.45, 7) is 0. The summed E-state index contributed by atoms with van der Waals surface area (Å²) in [6, 6.07) is 20.3. The van der Waals surface area contributed by atoms with Gasteiger partial charge in [0.15, 0.2) is 0 Å². The van der Waals surface area contributed by atoms with E-state index in [1.165, 1.54) is 4.90 Å². The van der Waals surface area contributed by atoms with E-state index in [0.29, 0.717) is 0 Å². The minimum Gasteiger partial charge on any atom is -0.0960 e. The van der Waals surface area contributed by atoms with E-state index in [2.05, 4.69) is 12.1 Å². The molecule has 0 spiro atoms. The van der Waals surface area contributed by atoms with Gasteiger partial charge in [-0.25, -0.2) is 0 Å². The van der Waals surface area contributed by atoms with Crippen LogP contribution in [-0.2, 0) is 0 Å². The standard InChI is InChI=1S/C14H11ClS2/c15-14(17-13-9-5-2-6-10-13)11-16-12-7-3-1-4-8-12/h1-11H/b14-11+. The van der Waals surface area contributed by atoms with Crippen LogP contribution in [0.15, 0.2) is 80.2 Å². The number of rotatable bonds is 4. The van der Waals surface area contributed by atoms with Crippen LogP contribution in [0.2, 0.25) is 0 Å². The lowest BCUT2D eigenvalue weighted by molar-refractivity contribution is 1.47. The minimum absolute atomic E-state index is 0.782. The highest BCUT2D eigenvalue weighted by Crippen LogP contribution is 2.32. The molecule has 2 rings (SSSR count). The molecule has 0 radical (unpaired) electrons. The molecule has 0 aliphatic carbocycles. The lowest BCUT2D eigenvalue weighted by Crippen LogP contribution is -1.69. The molecule has 0 fully saturated rings. The van der Waals surface area contributed by atoms with Gasteiger partial charge in [-0.1, -0.05) is 71.5 Å². The summed E-state index contributed by atoms with van der Waals surface area (Å²) in [4.78, 5) is 2.35. The first-order valence-corrected chi connectivity index (χ1v) is 7.22. The maximum Gasteiger partial charge on any atom is 0.0849 e. The maximum atomic E-state index is 6.17. The van der Waals surface area contributed by atoms with Crippen molar-refractivity contribution >= 4 is 35.1 Å². The van der Waals surface area contributed by atoms with Gasteiger partial charge in [-0.15, -0.1) is 0 Å². The highest BCUT2D eigenvalue weighted by molar-refractivity contribution is 8.07. The second kappa shape index (κ2) is 6.80. The molecule has 2 aromatic carbocycles. The lowest BCUT2D eigenvalue weighted by Gasteiger charge is -1.99. The van der Waals surface area contributed by atoms with E-state index >= 15 is 0 Å². The molecule has 3 heteroatoms. The zero-order chi connectivity index (χ0) is 11.9. The molecule has 0 bridgehead atoms. The van der Waals surface area contributed by atoms with Gasteiger partial charge in [-0.05, 0) is 24.3 Å². The zero-order valence-corrected chi connectivity index (χ0v) is 11.4. The summed E-state index contributed by atoms with van der Waals surface area (Å²) < 4.78 is 0.782. The highest BCUT2D eigenvalue weighted by atomic mass is 35.5. The Labute approximate surface area is 115 Å². The first-order valence-electron chi connectivity index (χ1n) is 5.15. The second-order valence-corrected chi connectivity index (χ2v) is 5.96. The van der Waals surface area contributed by atoms with E-state index in [-0.39, 0.29) is 0 Å². The van der Waals surface area contributed by atoms with Gasteiger partial charge in [0.2, 0.25) is 0 Å². The Balaban J connectivity index is 1.94. The molecular weight excluding hydrogens is 268 g/mol. The van der Waals surface area contributed by atoms with Gasteiger partial charge in [-0.3, -0.25) is 0 Å². The quantitative estimate of drug-likeness (QED) is 0.667. The zero-order valence-electron chi connectivity index (χ0n) is 9.05. The summed E-state index contributed by atoms with van der Waals surface area (Å²) in [5.74, 6) is 0. The molecule has 2 aromatic rings. The van der Waals surface area contributed by atoms with Crippen molar-refractivity contribution in [1.29, 1.82) is 0 Å². The van der Waals surface area contributed by atoms with Crippen LogP contribution < -0.4 is 0 Å². The summed E-state index contributed by atoms with van der Waals surface area (Å²) in [6.07, 6.45) is 0. The van der Waals surface area contributed by atoms with Crippen LogP contribution in [0.5, 0.6) is 0 Å². The predicted octanol–water partition coefficient (Wildman–Crippen LogP) is 5.61. The van der Waals surface area contributed by atoms with Gasteiger partial charge >= 0.3 is 0 Å². The molecule has 0 saturated heterocycles. The Bertz CT molecular complexity index is 480. The second-order valence-electron chi connectivity index (χ2n) is 3.27. The summed E-state index contributed by atoms with van der Waals surface area (Å²) in [7, 11) is 0. The Kier molecular flexibility index (Phi) is 5.05. The maximum absolute atomic E-state index is 6.17. The van der Waals surface area contributed by atoms with Crippen LogP contribution in [-0.4, -0.2) is 0 Å². The molecule has 0 aliphatic heterocycles. The topological polar surface area (TPSA) is 0 Å². The third-order valence-electron chi connectivity index (χ3n) is 1.99. The van der Waals surface area contributed by atoms with Crippen molar-refractivity contribution in [3.63, 3.8) is 0 Å². The van der Waals surface area contributed by atoms with E-state index < -0.39 is 0 Å². The number of hydrogen-bond acceptors (Lipinski definition) is 2. The van der Waals surface area contributed by atoms with Crippen LogP contribution in [0, 0.1) is 0 Å². The van der Waals surface area contributed by atoms with Crippen LogP contribution in [0.1, 0.15) is 0 Å². The Hall–Kier alpha value is -0.830. The number of hydrogen-bond donors (Lipinski definition) is 0. The minimum atomic E-state index is 0.782. The Morgan fingerprint density at radius 3 is 1.94 bits per heavy atom. The molecule has 0 atom stereocenters. The molecule has 0 unspecified atom stereocenters. The fraction of sp³-hybridized carbons (Fsp3) is 0. The van der Waals surface area contributed by atoms with Crippen molar-refractivity contribution in [2.75, 3.05) is 0 Å². The van der Waals surface area contributed by atoms with Crippen molar-refractivity contribution < 1.29 is 0 Å². The van der Waals surface area contributed by atoms with Crippen LogP contribution in [0.4, 0.5) is 0 Å². The number of benzene rings is 2. The SMILES string of the molecule is Cl/C(=C\Sc1ccccc1)Sc1ccccc1. The molecule has 0 heterocycles. The first kappa shape index (κ1) is 12.6. The predicted molar refractivity (Wildman–Crippen MR) is 78.5 cm³/mol. The summed E-state index contributed by atoms with van der Waals surface area (Å²) in [5, 5.41) is 1.97. The van der Waals surface area contributed by atoms with Crippen LogP contribution >= 0.6 is 35.1 Å². The number of halogens is 1. The average Bonchev–Trinajstić information content (AvgIpc) is 2.39. The molecule has 0 nitrogen and oxygen atoms in total. The average molecular weight is 279 g/mol. The molecule has 17 heavy (non-hydrogen) atoms. The van der Waals surface area contributed by atoms with Gasteiger partial charge in [-0.2, -0.15) is 0 Å². The van der Waals surface area contributed by atoms with Crippen molar-refractivity contribution in [2.45, 2.75) is 9.79 Å². The van der Waals surface area contributed by atoms with Crippen LogP contribution in [0.3, 0.4) is 0 Å². The van der Waals surface area contributed by atoms with E-state index in [0.717, 1.165) is 9.26 Å². The largest absolute Gasteiger partial charge is 0.0960 e. The van der Waals surface area contributed by atoms with Gasteiger partial charge in [0.1, 0.15) is 0 Å². The molecule has 0 aromatic heterocycles. The van der Waals surface area contributed by atoms with E-state index in [1.54, 1.807) is 23.5 Å². The van der Waals surface area contributed by atoms with Crippen LogP contribution in [0.25, 0.3) is 0 Å². The van der Waals surface area contributed by atoms with E-state index in [4.69, 9.17) is 11.6 Å². The van der Waals surface area contributed by atoms with Crippen molar-refractivity contribution in [1.82, 2.24) is 0 Å². The number of thioether (sulfide) groups is 2. The molecular formula is C14H11ClS2. The smallest absolute Gasteiger partial charge is 0.0849 e. The third kappa shape index (κ3) is 4.50. The molecule has 0 N–H and O–H groups in total. The lowest BCUT2D eigenvalue weighted by atomic mass is 10.4. The first-order chi connectivity index (χ1) is 8.34. The molecule has 0 amide bonds. The van der Waals surface area contributed by atoms with Crippen molar-refractivity contribution in [3.8, 4) is 0 Å². The monoisotopic (exact) mass is 278 g/mol. The molecule has 86 valence electrons. The van der Waals surface area contributed by atoms with Crippen molar-refractivity contribution in [3.05, 3.63) is 70.4 Å². The summed E-state index contributed by atoms with van der Waals surface area (Å²) in [5.41, 5.74) is 0. The Morgan fingerprint density at radius 2 is 1.35 bits per heavy atom. The Morgan fingerprint density at radius 1 is 0.824 bits per heavy atom. The summed E-state index contributed by atoms with van der Waals surface area (Å²) >= 11 is 9.37. The normalized spacial score (nSPS) is 11.5. The molecule has 0 saturated carbocycles. The van der Waals surface area contributed by atoms with Gasteiger partial charge < -0.3 is 0 Å². The van der Waals surface area contributed by atoms with Gasteiger partial charge in [0.05, 0.1) is 4.36 Å². The highest BCUT2D eigenvalue weighted by Gasteiger charge is 1.97. The van der Waals surface area contributed by atoms with Gasteiger partial charge in [0, 0.05) is 15.2 Å². The van der Waals surface area contributed by atoms with E-state index in [9.17, 15) is 0 Å².